The van der Waals surface area contributed by atoms with Gasteiger partial charge in [-0.05, 0) is 31.2 Å². The predicted molar refractivity (Wildman–Crippen MR) is 80.8 cm³/mol. The Labute approximate surface area is 131 Å². The molecule has 0 N–H and O–H groups in total. The highest BCUT2D eigenvalue weighted by Crippen LogP contribution is 2.33. The van der Waals surface area contributed by atoms with Gasteiger partial charge in [-0.15, -0.1) is 0 Å². The molecule has 0 heterocycles. The number of carbonyl (C=O) groups is 1. The minimum absolute atomic E-state index is 0.0280. The van der Waals surface area contributed by atoms with Crippen LogP contribution in [0.1, 0.15) is 6.92 Å². The van der Waals surface area contributed by atoms with Crippen LogP contribution in [0.3, 0.4) is 0 Å². The van der Waals surface area contributed by atoms with E-state index < -0.39 is 4.92 Å². The number of hydrogen-bond acceptors (Lipinski definition) is 5. The highest BCUT2D eigenvalue weighted by Gasteiger charge is 2.17. The first-order valence-electron chi connectivity index (χ1n) is 6.30. The third-order valence-corrected chi connectivity index (χ3v) is 2.83. The Morgan fingerprint density at radius 2 is 1.95 bits per heavy atom. The Morgan fingerprint density at radius 3 is 2.59 bits per heavy atom. The molecule has 0 spiro atoms. The first-order valence-corrected chi connectivity index (χ1v) is 6.67. The number of carbonyl (C=O) groups excluding carboxylic acids is 1. The van der Waals surface area contributed by atoms with E-state index in [-0.39, 0.29) is 23.8 Å². The van der Waals surface area contributed by atoms with E-state index in [2.05, 4.69) is 0 Å². The summed E-state index contributed by atoms with van der Waals surface area (Å²) in [5.41, 5.74) is -0.236. The van der Waals surface area contributed by atoms with E-state index in [1.165, 1.54) is 25.1 Å². The number of rotatable bonds is 6. The van der Waals surface area contributed by atoms with Crippen molar-refractivity contribution in [2.24, 2.45) is 0 Å². The van der Waals surface area contributed by atoms with Crippen LogP contribution in [0.5, 0.6) is 17.2 Å². The van der Waals surface area contributed by atoms with Gasteiger partial charge in [0.15, 0.2) is 5.78 Å². The molecule has 0 saturated heterocycles. The second-order valence-electron chi connectivity index (χ2n) is 4.44. The molecule has 0 radical (unpaired) electrons. The molecule has 2 aromatic carbocycles. The number of benzene rings is 2. The second-order valence-corrected chi connectivity index (χ2v) is 4.87. The number of ether oxygens (including phenoxy) is 2. The molecular weight excluding hydrogens is 310 g/mol. The van der Waals surface area contributed by atoms with Crippen LogP contribution < -0.4 is 9.47 Å². The number of nitrogens with zero attached hydrogens (tertiary/aromatic N) is 1. The smallest absolute Gasteiger partial charge is 0.311 e. The Balaban J connectivity index is 2.27. The number of nitro benzene ring substituents is 1. The minimum Gasteiger partial charge on any atom is -0.479 e. The van der Waals surface area contributed by atoms with Crippen molar-refractivity contribution in [1.82, 2.24) is 0 Å². The quantitative estimate of drug-likeness (QED) is 0.593. The van der Waals surface area contributed by atoms with E-state index in [0.29, 0.717) is 16.5 Å². The summed E-state index contributed by atoms with van der Waals surface area (Å²) in [6, 6.07) is 10.8. The summed E-state index contributed by atoms with van der Waals surface area (Å²) in [5, 5.41) is 11.5. The van der Waals surface area contributed by atoms with E-state index >= 15 is 0 Å². The lowest BCUT2D eigenvalue weighted by Gasteiger charge is -2.09. The highest BCUT2D eigenvalue weighted by atomic mass is 35.5. The molecule has 114 valence electrons. The van der Waals surface area contributed by atoms with Gasteiger partial charge in [0.1, 0.15) is 18.1 Å². The molecule has 2 aromatic rings. The molecule has 6 nitrogen and oxygen atoms in total. The molecule has 0 unspecified atom stereocenters. The number of hydrogen-bond donors (Lipinski definition) is 0. The lowest BCUT2D eigenvalue weighted by atomic mass is 10.2. The van der Waals surface area contributed by atoms with Crippen LogP contribution in [-0.2, 0) is 4.79 Å². The Kier molecular flexibility index (Phi) is 4.95. The van der Waals surface area contributed by atoms with Gasteiger partial charge in [0, 0.05) is 17.2 Å². The molecular formula is C15H12ClNO5. The van der Waals surface area contributed by atoms with E-state index in [4.69, 9.17) is 21.1 Å². The monoisotopic (exact) mass is 321 g/mol. The molecule has 0 amide bonds. The maximum Gasteiger partial charge on any atom is 0.311 e. The third-order valence-electron chi connectivity index (χ3n) is 2.59. The lowest BCUT2D eigenvalue weighted by Crippen LogP contribution is -2.08. The largest absolute Gasteiger partial charge is 0.479 e. The Hall–Kier alpha value is -2.60. The summed E-state index contributed by atoms with van der Waals surface area (Å²) in [5.74, 6) is 0.556. The first kappa shape index (κ1) is 15.8. The third kappa shape index (κ3) is 4.20. The molecule has 0 aliphatic rings. The van der Waals surface area contributed by atoms with Crippen molar-refractivity contribution in [2.45, 2.75) is 6.92 Å². The summed E-state index contributed by atoms with van der Waals surface area (Å²) < 4.78 is 10.7. The zero-order chi connectivity index (χ0) is 16.1. The summed E-state index contributed by atoms with van der Waals surface area (Å²) in [6.45, 7) is 1.08. The van der Waals surface area contributed by atoms with E-state index in [1.807, 2.05) is 0 Å². The van der Waals surface area contributed by atoms with Gasteiger partial charge in [0.2, 0.25) is 5.75 Å². The minimum atomic E-state index is -0.585. The average Bonchev–Trinajstić information content (AvgIpc) is 2.45. The lowest BCUT2D eigenvalue weighted by molar-refractivity contribution is -0.385. The van der Waals surface area contributed by atoms with Gasteiger partial charge in [0.05, 0.1) is 4.92 Å². The van der Waals surface area contributed by atoms with Crippen LogP contribution in [-0.4, -0.2) is 17.3 Å². The summed E-state index contributed by atoms with van der Waals surface area (Å²) in [6.07, 6.45) is 0. The van der Waals surface area contributed by atoms with E-state index in [0.717, 1.165) is 0 Å². The van der Waals surface area contributed by atoms with Crippen LogP contribution >= 0.6 is 11.6 Å². The van der Waals surface area contributed by atoms with Crippen molar-refractivity contribution in [2.75, 3.05) is 6.61 Å². The molecule has 0 aromatic heterocycles. The molecule has 22 heavy (non-hydrogen) atoms. The number of nitro groups is 1. The van der Waals surface area contributed by atoms with Crippen LogP contribution in [0.2, 0.25) is 5.02 Å². The first-order chi connectivity index (χ1) is 10.5. The topological polar surface area (TPSA) is 78.7 Å². The molecule has 0 saturated carbocycles. The van der Waals surface area contributed by atoms with Gasteiger partial charge < -0.3 is 9.47 Å². The van der Waals surface area contributed by atoms with Crippen LogP contribution in [0, 0.1) is 10.1 Å². The number of Topliss-reactive ketones (excluding diaryl/α,β-unsaturated/α-hetero) is 1. The van der Waals surface area contributed by atoms with Crippen LogP contribution in [0.4, 0.5) is 5.69 Å². The molecule has 0 aliphatic heterocycles. The number of ketones is 1. The van der Waals surface area contributed by atoms with Gasteiger partial charge >= 0.3 is 5.69 Å². The fourth-order valence-corrected chi connectivity index (χ4v) is 1.85. The Morgan fingerprint density at radius 1 is 1.23 bits per heavy atom. The van der Waals surface area contributed by atoms with Gasteiger partial charge in [-0.1, -0.05) is 17.7 Å². The van der Waals surface area contributed by atoms with Gasteiger partial charge in [0.25, 0.3) is 0 Å². The summed E-state index contributed by atoms with van der Waals surface area (Å²) >= 11 is 5.86. The standard InChI is InChI=1S/C15H12ClNO5/c1-10(18)9-21-15-8-13(5-6-14(15)17(19)20)22-12-4-2-3-11(16)7-12/h2-8H,9H2,1H3. The maximum absolute atomic E-state index is 11.0. The highest BCUT2D eigenvalue weighted by molar-refractivity contribution is 6.30. The SMILES string of the molecule is CC(=O)COc1cc(Oc2cccc(Cl)c2)ccc1[N+](=O)[O-]. The van der Waals surface area contributed by atoms with E-state index in [1.54, 1.807) is 24.3 Å². The zero-order valence-electron chi connectivity index (χ0n) is 11.6. The normalized spacial score (nSPS) is 10.1. The van der Waals surface area contributed by atoms with E-state index in [9.17, 15) is 14.9 Å². The van der Waals surface area contributed by atoms with Gasteiger partial charge in [-0.25, -0.2) is 0 Å². The zero-order valence-corrected chi connectivity index (χ0v) is 12.4. The van der Waals surface area contributed by atoms with Crippen LogP contribution in [0.25, 0.3) is 0 Å². The predicted octanol–water partition coefficient (Wildman–Crippen LogP) is 4.01. The van der Waals surface area contributed by atoms with Crippen molar-refractivity contribution in [3.8, 4) is 17.2 Å². The Bertz CT molecular complexity index is 717. The molecule has 0 bridgehead atoms. The van der Waals surface area contributed by atoms with Crippen molar-refractivity contribution in [3.05, 3.63) is 57.6 Å². The fourth-order valence-electron chi connectivity index (χ4n) is 1.67. The summed E-state index contributed by atoms with van der Waals surface area (Å²) in [7, 11) is 0. The van der Waals surface area contributed by atoms with Crippen molar-refractivity contribution >= 4 is 23.1 Å². The molecule has 0 fully saturated rings. The van der Waals surface area contributed by atoms with Gasteiger partial charge in [-0.3, -0.25) is 14.9 Å². The summed E-state index contributed by atoms with van der Waals surface area (Å²) in [4.78, 5) is 21.3. The van der Waals surface area contributed by atoms with Crippen LogP contribution in [0.15, 0.2) is 42.5 Å². The molecule has 0 atom stereocenters. The van der Waals surface area contributed by atoms with Crippen molar-refractivity contribution in [3.63, 3.8) is 0 Å². The van der Waals surface area contributed by atoms with Crippen molar-refractivity contribution in [1.29, 1.82) is 0 Å². The molecule has 7 heteroatoms. The average molecular weight is 322 g/mol. The number of halogens is 1. The molecule has 2 rings (SSSR count). The fraction of sp³-hybridized carbons (Fsp3) is 0.133. The maximum atomic E-state index is 11.0. The van der Waals surface area contributed by atoms with Gasteiger partial charge in [-0.2, -0.15) is 0 Å². The molecule has 0 aliphatic carbocycles. The second kappa shape index (κ2) is 6.91. The van der Waals surface area contributed by atoms with Crippen molar-refractivity contribution < 1.29 is 19.2 Å².